The smallest absolute Gasteiger partial charge is 0.358 e. The molecule has 0 aliphatic rings. The first-order valence-electron chi connectivity index (χ1n) is 3.98. The predicted octanol–water partition coefficient (Wildman–Crippen LogP) is 2.61. The second-order valence-electron chi connectivity index (χ2n) is 2.86. The Morgan fingerprint density at radius 3 is 2.56 bits per heavy atom. The molecule has 0 fully saturated rings. The minimum atomic E-state index is -2.97. The van der Waals surface area contributed by atoms with Crippen LogP contribution in [0.5, 0.6) is 0 Å². The van der Waals surface area contributed by atoms with Gasteiger partial charge in [-0.25, -0.2) is 8.78 Å². The van der Waals surface area contributed by atoms with E-state index in [0.717, 1.165) is 6.92 Å². The Labute approximate surface area is 93.2 Å². The summed E-state index contributed by atoms with van der Waals surface area (Å²) >= 11 is 5.08. The van der Waals surface area contributed by atoms with Gasteiger partial charge in [0.05, 0.1) is 11.1 Å². The number of rotatable bonds is 3. The average molecular weight is 251 g/mol. The van der Waals surface area contributed by atoms with Crippen molar-refractivity contribution in [2.75, 3.05) is 0 Å². The molecule has 8 heteroatoms. The Balaban J connectivity index is 3.52. The fourth-order valence-electron chi connectivity index (χ4n) is 1.20. The zero-order valence-corrected chi connectivity index (χ0v) is 8.66. The van der Waals surface area contributed by atoms with Gasteiger partial charge in [-0.05, 0) is 21.5 Å². The van der Waals surface area contributed by atoms with Crippen molar-refractivity contribution in [3.8, 4) is 0 Å². The van der Waals surface area contributed by atoms with Crippen LogP contribution < -0.4 is 0 Å². The van der Waals surface area contributed by atoms with Crippen LogP contribution in [0.4, 0.5) is 14.6 Å². The van der Waals surface area contributed by atoms with Crippen LogP contribution >= 0.6 is 11.6 Å². The average Bonchev–Trinajstić information content (AvgIpc) is 2.15. The second-order valence-corrected chi connectivity index (χ2v) is 3.20. The molecule has 86 valence electrons. The van der Waals surface area contributed by atoms with Crippen molar-refractivity contribution in [1.29, 1.82) is 0 Å². The third kappa shape index (κ3) is 2.30. The van der Waals surface area contributed by atoms with Crippen LogP contribution in [0.1, 0.15) is 28.0 Å². The maximum absolute atomic E-state index is 12.6. The van der Waals surface area contributed by atoms with Crippen molar-refractivity contribution in [2.45, 2.75) is 13.3 Å². The van der Waals surface area contributed by atoms with Gasteiger partial charge in [0.25, 0.3) is 11.7 Å². The molecule has 0 bridgehead atoms. The maximum Gasteiger partial charge on any atom is 0.364 e. The van der Waals surface area contributed by atoms with Gasteiger partial charge in [-0.2, -0.15) is 0 Å². The second kappa shape index (κ2) is 4.48. The van der Waals surface area contributed by atoms with E-state index in [-0.39, 0.29) is 5.69 Å². The van der Waals surface area contributed by atoms with Gasteiger partial charge in [0, 0.05) is 13.0 Å². The van der Waals surface area contributed by atoms with Gasteiger partial charge >= 0.3 is 5.82 Å². The Kier molecular flexibility index (Phi) is 3.48. The normalized spacial score (nSPS) is 10.6. The third-order valence-corrected chi connectivity index (χ3v) is 2.06. The Hall–Kier alpha value is -1.63. The highest BCUT2D eigenvalue weighted by Gasteiger charge is 2.26. The molecule has 0 amide bonds. The van der Waals surface area contributed by atoms with E-state index < -0.39 is 33.5 Å². The van der Waals surface area contributed by atoms with E-state index >= 15 is 0 Å². The first-order valence-corrected chi connectivity index (χ1v) is 4.36. The summed E-state index contributed by atoms with van der Waals surface area (Å²) in [4.78, 5) is 23.8. The summed E-state index contributed by atoms with van der Waals surface area (Å²) in [6.07, 6.45) is -2.97. The van der Waals surface area contributed by atoms with Gasteiger partial charge in [0.2, 0.25) is 0 Å². The van der Waals surface area contributed by atoms with Crippen molar-refractivity contribution in [2.24, 2.45) is 0 Å². The standard InChI is InChI=1S/C8H5ClF2N2O3/c1-3-6(8(10)11)4(7(9)14)2-5(12-3)13(15)16/h2,8H,1H3. The molecule has 5 nitrogen and oxygen atoms in total. The number of alkyl halides is 2. The molecule has 0 aliphatic heterocycles. The van der Waals surface area contributed by atoms with Crippen LogP contribution in [-0.4, -0.2) is 15.1 Å². The van der Waals surface area contributed by atoms with Gasteiger partial charge in [0.1, 0.15) is 0 Å². The van der Waals surface area contributed by atoms with Gasteiger partial charge in [-0.3, -0.25) is 4.79 Å². The largest absolute Gasteiger partial charge is 0.364 e. The molecular weight excluding hydrogens is 246 g/mol. The van der Waals surface area contributed by atoms with Crippen LogP contribution in [-0.2, 0) is 0 Å². The maximum atomic E-state index is 12.6. The number of hydrogen-bond donors (Lipinski definition) is 0. The number of nitro groups is 1. The minimum absolute atomic E-state index is 0.284. The van der Waals surface area contributed by atoms with Gasteiger partial charge in [0.15, 0.2) is 5.69 Å². The van der Waals surface area contributed by atoms with E-state index in [1.165, 1.54) is 0 Å². The van der Waals surface area contributed by atoms with E-state index in [0.29, 0.717) is 6.07 Å². The molecule has 0 atom stereocenters. The lowest BCUT2D eigenvalue weighted by Gasteiger charge is -2.05. The van der Waals surface area contributed by atoms with Crippen molar-refractivity contribution >= 4 is 22.7 Å². The lowest BCUT2D eigenvalue weighted by Crippen LogP contribution is -2.06. The third-order valence-electron chi connectivity index (χ3n) is 1.85. The van der Waals surface area contributed by atoms with Gasteiger partial charge in [-0.15, -0.1) is 0 Å². The monoisotopic (exact) mass is 250 g/mol. The molecule has 0 aliphatic carbocycles. The molecule has 0 radical (unpaired) electrons. The summed E-state index contributed by atoms with van der Waals surface area (Å²) in [6, 6.07) is 0.643. The summed E-state index contributed by atoms with van der Waals surface area (Å²) in [5.41, 5.74) is -1.55. The van der Waals surface area contributed by atoms with Gasteiger partial charge in [-0.1, -0.05) is 0 Å². The number of pyridine rings is 1. The van der Waals surface area contributed by atoms with E-state index in [1.807, 2.05) is 0 Å². The van der Waals surface area contributed by atoms with Crippen LogP contribution in [0.3, 0.4) is 0 Å². The number of carbonyl (C=O) groups is 1. The van der Waals surface area contributed by atoms with Crippen molar-refractivity contribution in [1.82, 2.24) is 4.98 Å². The number of aromatic nitrogens is 1. The molecule has 0 unspecified atom stereocenters. The van der Waals surface area contributed by atoms with E-state index in [2.05, 4.69) is 4.98 Å². The summed E-state index contributed by atoms with van der Waals surface area (Å²) in [5, 5.41) is 9.23. The molecule has 0 saturated heterocycles. The van der Waals surface area contributed by atoms with Crippen molar-refractivity contribution < 1.29 is 18.5 Å². The van der Waals surface area contributed by atoms with Gasteiger partial charge < -0.3 is 10.1 Å². The Bertz CT molecular complexity index is 465. The molecule has 1 aromatic rings. The Morgan fingerprint density at radius 1 is 1.62 bits per heavy atom. The number of aryl methyl sites for hydroxylation is 1. The van der Waals surface area contributed by atoms with E-state index in [4.69, 9.17) is 11.6 Å². The molecule has 0 spiro atoms. The summed E-state index contributed by atoms with van der Waals surface area (Å²) in [6.45, 7) is 1.15. The molecule has 0 aromatic carbocycles. The molecule has 0 N–H and O–H groups in total. The first-order chi connectivity index (χ1) is 7.34. The van der Waals surface area contributed by atoms with Crippen LogP contribution in [0.15, 0.2) is 6.07 Å². The first kappa shape index (κ1) is 12.4. The zero-order chi connectivity index (χ0) is 12.5. The summed E-state index contributed by atoms with van der Waals surface area (Å²) in [7, 11) is 0. The minimum Gasteiger partial charge on any atom is -0.358 e. The Morgan fingerprint density at radius 2 is 2.19 bits per heavy atom. The highest BCUT2D eigenvalue weighted by molar-refractivity contribution is 6.68. The van der Waals surface area contributed by atoms with E-state index in [1.54, 1.807) is 0 Å². The number of nitrogens with zero attached hydrogens (tertiary/aromatic N) is 2. The topological polar surface area (TPSA) is 73.1 Å². The molecule has 1 heterocycles. The molecule has 16 heavy (non-hydrogen) atoms. The lowest BCUT2D eigenvalue weighted by molar-refractivity contribution is -0.389. The highest BCUT2D eigenvalue weighted by Crippen LogP contribution is 2.29. The predicted molar refractivity (Wildman–Crippen MR) is 50.8 cm³/mol. The molecule has 1 aromatic heterocycles. The summed E-state index contributed by atoms with van der Waals surface area (Å²) in [5.74, 6) is -0.689. The molecule has 0 saturated carbocycles. The van der Waals surface area contributed by atoms with Crippen molar-refractivity contribution in [3.05, 3.63) is 33.0 Å². The van der Waals surface area contributed by atoms with Crippen LogP contribution in [0.2, 0.25) is 0 Å². The van der Waals surface area contributed by atoms with Crippen LogP contribution in [0, 0.1) is 17.0 Å². The highest BCUT2D eigenvalue weighted by atomic mass is 35.5. The lowest BCUT2D eigenvalue weighted by atomic mass is 10.1. The molecular formula is C8H5ClF2N2O3. The number of carbonyl (C=O) groups excluding carboxylic acids is 1. The zero-order valence-electron chi connectivity index (χ0n) is 7.91. The SMILES string of the molecule is Cc1nc([N+](=O)[O-])cc(C(=O)Cl)c1C(F)F. The molecule has 1 rings (SSSR count). The number of halogens is 3. The fourth-order valence-corrected chi connectivity index (χ4v) is 1.35. The fraction of sp³-hybridized carbons (Fsp3) is 0.250. The quantitative estimate of drug-likeness (QED) is 0.469. The van der Waals surface area contributed by atoms with E-state index in [9.17, 15) is 23.7 Å². The summed E-state index contributed by atoms with van der Waals surface area (Å²) < 4.78 is 25.1. The van der Waals surface area contributed by atoms with Crippen molar-refractivity contribution in [3.63, 3.8) is 0 Å². The van der Waals surface area contributed by atoms with Crippen LogP contribution in [0.25, 0.3) is 0 Å². The number of hydrogen-bond acceptors (Lipinski definition) is 4.